The number of nitrogens with zero attached hydrogens (tertiary/aromatic N) is 3. The molecule has 4 fully saturated rings. The highest BCUT2D eigenvalue weighted by molar-refractivity contribution is 7.90. The van der Waals surface area contributed by atoms with E-state index in [1.165, 1.54) is 28.0 Å². The standard InChI is InChI=1S/C51H88F3N5O14S/c1-15-39-49(12,64)43(61)34(8)55-27-30(4)25-47(10,63)44(73-46-41(60)38(24-31(5)69-46)57(13)74(66,67)56-37-18-16-36(17-19-37)51(52,53)54)32(6)42(33(7)45(62)71-39)72-40-26-48(11,68-14)50(65,35(9)70-40)28-58-20-22-59(23-21-58)29(2)3/h16-19,29-35,38-44,46,55-56,60-61,63-65H,15,20-28H2,1-14H3/t30?,31-,32?,33?,34?,35+,38+,39?,40+,41-,42?,43?,44?,46+,47?,48-,49?,50+/m1/s1. The van der Waals surface area contributed by atoms with Gasteiger partial charge in [0.05, 0.1) is 47.5 Å². The van der Waals surface area contributed by atoms with Gasteiger partial charge < -0.3 is 59.3 Å². The Kier molecular flexibility index (Phi) is 20.6. The lowest BCUT2D eigenvalue weighted by molar-refractivity contribution is -0.339. The van der Waals surface area contributed by atoms with Crippen molar-refractivity contribution in [2.75, 3.05) is 58.1 Å². The number of benzene rings is 1. The van der Waals surface area contributed by atoms with Crippen LogP contribution in [0.5, 0.6) is 0 Å². The second kappa shape index (κ2) is 24.4. The largest absolute Gasteiger partial charge is 0.459 e. The van der Waals surface area contributed by atoms with E-state index < -0.39 is 130 Å². The number of piperazine rings is 1. The minimum atomic E-state index is -4.64. The van der Waals surface area contributed by atoms with Crippen molar-refractivity contribution < 1.29 is 80.3 Å². The van der Waals surface area contributed by atoms with E-state index in [9.17, 15) is 51.9 Å². The zero-order valence-corrected chi connectivity index (χ0v) is 46.7. The Morgan fingerprint density at radius 2 is 1.55 bits per heavy atom. The number of alkyl halides is 3. The number of likely N-dealkylation sites (N-methyl/N-ethyl adjacent to an activating group) is 1. The van der Waals surface area contributed by atoms with Gasteiger partial charge in [0.1, 0.15) is 35.1 Å². The highest BCUT2D eigenvalue weighted by Crippen LogP contribution is 2.44. The highest BCUT2D eigenvalue weighted by atomic mass is 32.2. The number of hydrogen-bond donors (Lipinski definition) is 7. The number of anilines is 1. The Morgan fingerprint density at radius 1 is 0.946 bits per heavy atom. The second-order valence-electron chi connectivity index (χ2n) is 22.7. The summed E-state index contributed by atoms with van der Waals surface area (Å²) in [5.74, 6) is -3.41. The number of rotatable bonds is 13. The Labute approximate surface area is 436 Å². The van der Waals surface area contributed by atoms with Crippen LogP contribution in [-0.2, 0) is 49.6 Å². The fraction of sp³-hybridized carbons (Fsp3) is 0.863. The first-order chi connectivity index (χ1) is 34.1. The zero-order valence-electron chi connectivity index (χ0n) is 45.8. The molecule has 1 aromatic carbocycles. The summed E-state index contributed by atoms with van der Waals surface area (Å²) in [7, 11) is -1.82. The van der Waals surface area contributed by atoms with Crippen molar-refractivity contribution in [3.8, 4) is 0 Å². The Bertz CT molecular complexity index is 2090. The number of cyclic esters (lactones) is 1. The average molecular weight is 1080 g/mol. The molecule has 0 aromatic heterocycles. The summed E-state index contributed by atoms with van der Waals surface area (Å²) in [6.07, 6.45) is -15.9. The highest BCUT2D eigenvalue weighted by Gasteiger charge is 2.59. The molecule has 0 saturated carbocycles. The summed E-state index contributed by atoms with van der Waals surface area (Å²) in [5.41, 5.74) is -7.69. The number of hydrogen-bond acceptors (Lipinski definition) is 17. The van der Waals surface area contributed by atoms with Gasteiger partial charge in [0.25, 0.3) is 0 Å². The van der Waals surface area contributed by atoms with E-state index in [-0.39, 0.29) is 50.4 Å². The van der Waals surface area contributed by atoms with E-state index in [0.717, 1.165) is 41.7 Å². The summed E-state index contributed by atoms with van der Waals surface area (Å²) in [4.78, 5) is 19.2. The van der Waals surface area contributed by atoms with Crippen molar-refractivity contribution in [1.82, 2.24) is 19.4 Å². The molecule has 18 atom stereocenters. The Morgan fingerprint density at radius 3 is 2.11 bits per heavy atom. The maximum atomic E-state index is 14.6. The molecule has 0 amide bonds. The molecule has 4 saturated heterocycles. The van der Waals surface area contributed by atoms with E-state index >= 15 is 0 Å². The lowest BCUT2D eigenvalue weighted by Crippen LogP contribution is -2.71. The molecule has 0 spiro atoms. The molecular weight excluding hydrogens is 996 g/mol. The Hall–Kier alpha value is -2.33. The van der Waals surface area contributed by atoms with Gasteiger partial charge in [-0.05, 0) is 118 Å². The number of halogens is 3. The summed E-state index contributed by atoms with van der Waals surface area (Å²) in [5, 5.41) is 64.1. The lowest BCUT2D eigenvalue weighted by Gasteiger charge is -2.55. The summed E-state index contributed by atoms with van der Waals surface area (Å²) in [6, 6.07) is 1.87. The number of nitrogens with one attached hydrogen (secondary N) is 2. The van der Waals surface area contributed by atoms with E-state index in [0.29, 0.717) is 19.1 Å². The van der Waals surface area contributed by atoms with Crippen LogP contribution < -0.4 is 10.0 Å². The van der Waals surface area contributed by atoms with Gasteiger partial charge in [-0.1, -0.05) is 20.8 Å². The van der Waals surface area contributed by atoms with Gasteiger partial charge >= 0.3 is 22.4 Å². The summed E-state index contributed by atoms with van der Waals surface area (Å²) >= 11 is 0. The van der Waals surface area contributed by atoms with Crippen LogP contribution in [0.15, 0.2) is 24.3 Å². The fourth-order valence-corrected chi connectivity index (χ4v) is 12.6. The number of aliphatic hydroxyl groups is 5. The molecule has 7 N–H and O–H groups in total. The molecule has 10 unspecified atom stereocenters. The molecule has 0 radical (unpaired) electrons. The Balaban J connectivity index is 1.53. The van der Waals surface area contributed by atoms with Gasteiger partial charge in [-0.15, -0.1) is 0 Å². The van der Waals surface area contributed by atoms with Crippen molar-refractivity contribution in [2.45, 2.75) is 211 Å². The monoisotopic (exact) mass is 1080 g/mol. The van der Waals surface area contributed by atoms with Crippen LogP contribution in [0.1, 0.15) is 114 Å². The predicted molar refractivity (Wildman–Crippen MR) is 270 cm³/mol. The van der Waals surface area contributed by atoms with Crippen molar-refractivity contribution in [3.05, 3.63) is 29.8 Å². The SMILES string of the molecule is CCC1OC(=O)C(C)C(O[C@H]2C[C@@](C)(OC)[C@](O)(CN3CCN(C(C)C)CC3)[C@H](C)O2)C(C)C(O[C@@H]2O[C@H](C)C[C@H](N(C)S(=O)(=O)Nc3ccc(C(F)(F)F)cc3)[C@H]2O)C(C)(O)CC(C)CNC(C)C(O)C1(C)O. The molecule has 5 rings (SSSR count). The normalized spacial score (nSPS) is 41.4. The molecule has 23 heteroatoms. The van der Waals surface area contributed by atoms with Crippen molar-refractivity contribution in [1.29, 1.82) is 0 Å². The smallest absolute Gasteiger partial charge is 0.416 e. The van der Waals surface area contributed by atoms with Gasteiger partial charge in [-0.2, -0.15) is 25.9 Å². The molecule has 0 bridgehead atoms. The number of β-amino-alcohol motifs (C(OH)–C–C–N with tert-alkyl or cyclic N) is 1. The number of methoxy groups -OCH3 is 1. The topological polar surface area (TPSA) is 242 Å². The molecule has 4 aliphatic heterocycles. The molecule has 1 aromatic rings. The van der Waals surface area contributed by atoms with Gasteiger partial charge in [0.2, 0.25) is 0 Å². The third-order valence-electron chi connectivity index (χ3n) is 16.4. The van der Waals surface area contributed by atoms with Crippen LogP contribution in [0.3, 0.4) is 0 Å². The maximum absolute atomic E-state index is 14.6. The van der Waals surface area contributed by atoms with Crippen molar-refractivity contribution >= 4 is 21.9 Å². The number of ether oxygens (including phenoxy) is 6. The van der Waals surface area contributed by atoms with Gasteiger partial charge in [0.15, 0.2) is 12.6 Å². The lowest BCUT2D eigenvalue weighted by atomic mass is 9.74. The van der Waals surface area contributed by atoms with Gasteiger partial charge in [-0.25, -0.2) is 0 Å². The minimum Gasteiger partial charge on any atom is -0.459 e. The number of esters is 1. The van der Waals surface area contributed by atoms with Crippen LogP contribution in [0.2, 0.25) is 0 Å². The van der Waals surface area contributed by atoms with E-state index in [2.05, 4.69) is 33.7 Å². The number of aliphatic hydroxyl groups excluding tert-OH is 2. The minimum absolute atomic E-state index is 0.0155. The van der Waals surface area contributed by atoms with Crippen LogP contribution in [-0.4, -0.2) is 203 Å². The maximum Gasteiger partial charge on any atom is 0.416 e. The molecular formula is C51H88F3N5O14S. The average Bonchev–Trinajstić information content (AvgIpc) is 3.31. The van der Waals surface area contributed by atoms with Gasteiger partial charge in [-0.3, -0.25) is 19.3 Å². The molecule has 0 aliphatic carbocycles. The molecule has 4 heterocycles. The first-order valence-corrected chi connectivity index (χ1v) is 27.6. The first-order valence-electron chi connectivity index (χ1n) is 26.2. The predicted octanol–water partition coefficient (Wildman–Crippen LogP) is 3.70. The van der Waals surface area contributed by atoms with Gasteiger partial charge in [0, 0.05) is 77.0 Å². The van der Waals surface area contributed by atoms with Crippen molar-refractivity contribution in [3.63, 3.8) is 0 Å². The van der Waals surface area contributed by atoms with Crippen LogP contribution in [0, 0.1) is 17.8 Å². The third kappa shape index (κ3) is 14.1. The van der Waals surface area contributed by atoms with Crippen molar-refractivity contribution in [2.24, 2.45) is 17.8 Å². The van der Waals surface area contributed by atoms with E-state index in [1.807, 2.05) is 6.92 Å². The molecule has 428 valence electrons. The van der Waals surface area contributed by atoms with Crippen LogP contribution in [0.4, 0.5) is 18.9 Å². The zero-order chi connectivity index (χ0) is 55.7. The summed E-state index contributed by atoms with van der Waals surface area (Å²) in [6.45, 7) is 24.4. The number of carbonyl (C=O) groups excluding carboxylic acids is 1. The van der Waals surface area contributed by atoms with Crippen LogP contribution >= 0.6 is 0 Å². The number of carbonyl (C=O) groups is 1. The quantitative estimate of drug-likeness (QED) is 0.139. The molecule has 19 nitrogen and oxygen atoms in total. The van der Waals surface area contributed by atoms with E-state index in [4.69, 9.17) is 28.4 Å². The van der Waals surface area contributed by atoms with Crippen LogP contribution in [0.25, 0.3) is 0 Å². The second-order valence-corrected chi connectivity index (χ2v) is 24.4. The molecule has 74 heavy (non-hydrogen) atoms. The fourth-order valence-electron chi connectivity index (χ4n) is 11.5. The summed E-state index contributed by atoms with van der Waals surface area (Å²) < 4.78 is 109. The first kappa shape index (κ1) is 62.5. The molecule has 4 aliphatic rings. The third-order valence-corrected chi connectivity index (χ3v) is 18.0. The van der Waals surface area contributed by atoms with E-state index in [1.54, 1.807) is 48.5 Å².